The first kappa shape index (κ1) is 20.9. The number of esters is 3. The Balaban J connectivity index is 2.47. The van der Waals surface area contributed by atoms with Crippen molar-refractivity contribution in [3.63, 3.8) is 0 Å². The number of benzene rings is 1. The first-order valence-electron chi connectivity index (χ1n) is 8.78. The average Bonchev–Trinajstić information content (AvgIpc) is 2.95. The summed E-state index contributed by atoms with van der Waals surface area (Å²) in [4.78, 5) is 52.6. The Bertz CT molecular complexity index is 1030. The highest BCUT2D eigenvalue weighted by Gasteiger charge is 2.63. The van der Waals surface area contributed by atoms with Crippen molar-refractivity contribution in [2.24, 2.45) is 5.73 Å². The number of carbonyl (C=O) groups excluding carboxylic acids is 4. The summed E-state index contributed by atoms with van der Waals surface area (Å²) < 4.78 is 19.9. The molecule has 2 aliphatic heterocycles. The van der Waals surface area contributed by atoms with Crippen LogP contribution in [-0.2, 0) is 43.5 Å². The van der Waals surface area contributed by atoms with Gasteiger partial charge in [0.1, 0.15) is 28.7 Å². The van der Waals surface area contributed by atoms with E-state index in [-0.39, 0.29) is 16.9 Å². The van der Waals surface area contributed by atoms with E-state index in [1.165, 1.54) is 11.9 Å². The lowest BCUT2D eigenvalue weighted by Gasteiger charge is -2.36. The van der Waals surface area contributed by atoms with Gasteiger partial charge in [0.25, 0.3) is 0 Å². The molecule has 0 fully saturated rings. The number of nitrogens with two attached hydrogens (primary N) is 1. The fourth-order valence-electron chi connectivity index (χ4n) is 3.85. The van der Waals surface area contributed by atoms with Crippen LogP contribution >= 0.6 is 0 Å². The maximum Gasteiger partial charge on any atom is 0.340 e. The van der Waals surface area contributed by atoms with Crippen LogP contribution in [0.15, 0.2) is 47.1 Å². The molecule has 1 atom stereocenters. The third kappa shape index (κ3) is 2.71. The van der Waals surface area contributed by atoms with Gasteiger partial charge >= 0.3 is 17.9 Å². The fraction of sp³-hybridized carbons (Fsp3) is 0.300. The molecule has 10 nitrogen and oxygen atoms in total. The normalized spacial score (nSPS) is 20.1. The minimum atomic E-state index is -2.02. The second kappa shape index (κ2) is 7.54. The lowest BCUT2D eigenvalue weighted by molar-refractivity contribution is -0.141. The van der Waals surface area contributed by atoms with E-state index in [4.69, 9.17) is 19.9 Å². The zero-order valence-electron chi connectivity index (χ0n) is 16.8. The van der Waals surface area contributed by atoms with Crippen molar-refractivity contribution < 1.29 is 38.1 Å². The molecule has 30 heavy (non-hydrogen) atoms. The Kier molecular flexibility index (Phi) is 5.26. The molecule has 2 heterocycles. The third-order valence-corrected chi connectivity index (χ3v) is 5.11. The van der Waals surface area contributed by atoms with E-state index in [0.717, 1.165) is 21.3 Å². The van der Waals surface area contributed by atoms with E-state index in [2.05, 4.69) is 4.74 Å². The number of anilines is 1. The number of amides is 1. The summed E-state index contributed by atoms with van der Waals surface area (Å²) in [7, 11) is 4.86. The van der Waals surface area contributed by atoms with Crippen LogP contribution in [0, 0.1) is 0 Å². The van der Waals surface area contributed by atoms with E-state index in [0.29, 0.717) is 11.3 Å². The molecule has 158 valence electrons. The number of fused-ring (bicyclic) bond motifs is 2. The Labute approximate surface area is 171 Å². The van der Waals surface area contributed by atoms with Crippen molar-refractivity contribution >= 4 is 29.5 Å². The van der Waals surface area contributed by atoms with Gasteiger partial charge in [0.15, 0.2) is 0 Å². The monoisotopic (exact) mass is 416 g/mol. The van der Waals surface area contributed by atoms with Crippen LogP contribution in [0.1, 0.15) is 12.0 Å². The van der Waals surface area contributed by atoms with Crippen molar-refractivity contribution in [3.05, 3.63) is 52.6 Å². The van der Waals surface area contributed by atoms with Crippen molar-refractivity contribution in [2.45, 2.75) is 11.8 Å². The van der Waals surface area contributed by atoms with Crippen LogP contribution in [0.3, 0.4) is 0 Å². The molecule has 3 rings (SSSR count). The van der Waals surface area contributed by atoms with Crippen LogP contribution in [0.25, 0.3) is 0 Å². The highest BCUT2D eigenvalue weighted by Crippen LogP contribution is 2.54. The van der Waals surface area contributed by atoms with Gasteiger partial charge in [-0.3, -0.25) is 9.59 Å². The number of hydrogen-bond acceptors (Lipinski definition) is 9. The number of likely N-dealkylation sites (N-methyl/N-ethyl adjacent to an activating group) is 1. The van der Waals surface area contributed by atoms with Gasteiger partial charge in [-0.05, 0) is 6.07 Å². The lowest BCUT2D eigenvalue weighted by Crippen LogP contribution is -2.50. The Morgan fingerprint density at radius 2 is 1.63 bits per heavy atom. The summed E-state index contributed by atoms with van der Waals surface area (Å²) in [6.45, 7) is 0. The number of ether oxygens (including phenoxy) is 4. The molecule has 0 aromatic heterocycles. The molecule has 1 spiro atoms. The highest BCUT2D eigenvalue weighted by molar-refractivity contribution is 6.22. The summed E-state index contributed by atoms with van der Waals surface area (Å²) in [6, 6.07) is 6.57. The quantitative estimate of drug-likeness (QED) is 0.542. The Hall–Kier alpha value is -3.82. The molecule has 0 bridgehead atoms. The van der Waals surface area contributed by atoms with Crippen molar-refractivity contribution in [2.75, 3.05) is 33.3 Å². The van der Waals surface area contributed by atoms with Gasteiger partial charge in [-0.2, -0.15) is 0 Å². The number of nitrogens with zero attached hydrogens (tertiary/aromatic N) is 1. The molecule has 0 radical (unpaired) electrons. The maximum atomic E-state index is 13.7. The molecule has 0 aliphatic carbocycles. The van der Waals surface area contributed by atoms with E-state index < -0.39 is 41.5 Å². The van der Waals surface area contributed by atoms with Gasteiger partial charge in [0.2, 0.25) is 11.8 Å². The molecular weight excluding hydrogens is 396 g/mol. The molecule has 0 saturated heterocycles. The molecule has 10 heteroatoms. The van der Waals surface area contributed by atoms with Gasteiger partial charge < -0.3 is 29.6 Å². The predicted molar refractivity (Wildman–Crippen MR) is 102 cm³/mol. The zero-order chi connectivity index (χ0) is 22.2. The summed E-state index contributed by atoms with van der Waals surface area (Å²) in [5.74, 6) is -4.06. The van der Waals surface area contributed by atoms with Crippen LogP contribution in [0.4, 0.5) is 5.69 Å². The number of methoxy groups -OCH3 is 3. The van der Waals surface area contributed by atoms with Gasteiger partial charge in [0.05, 0.1) is 21.3 Å². The van der Waals surface area contributed by atoms with Crippen LogP contribution in [-0.4, -0.2) is 52.2 Å². The topological polar surface area (TPSA) is 134 Å². The fourth-order valence-corrected chi connectivity index (χ4v) is 3.85. The summed E-state index contributed by atoms with van der Waals surface area (Å²) in [5.41, 5.74) is 4.04. The SMILES string of the molecule is COC(=O)CC1=C(C(=O)OC)[C@@]2(C(=O)N(C)c3ccccc32)C(C(=O)OC)=C(N)O1. The van der Waals surface area contributed by atoms with Gasteiger partial charge in [-0.15, -0.1) is 0 Å². The van der Waals surface area contributed by atoms with Crippen molar-refractivity contribution in [3.8, 4) is 0 Å². The third-order valence-electron chi connectivity index (χ3n) is 5.11. The van der Waals surface area contributed by atoms with Crippen molar-refractivity contribution in [1.29, 1.82) is 0 Å². The largest absolute Gasteiger partial charge is 0.469 e. The molecule has 2 aliphatic rings. The zero-order valence-corrected chi connectivity index (χ0v) is 16.8. The standard InChI is InChI=1S/C20H20N2O8/c1-22-11-8-6-5-7-10(11)20(19(22)26)14(17(24)28-3)12(9-13(23)27-2)30-16(21)15(20)18(25)29-4/h5-8H,9,21H2,1-4H3/t20-/m1/s1. The molecule has 1 amide bonds. The minimum absolute atomic E-state index is 0.252. The van der Waals surface area contributed by atoms with Crippen LogP contribution in [0.5, 0.6) is 0 Å². The summed E-state index contributed by atoms with van der Waals surface area (Å²) in [6.07, 6.45) is -0.517. The summed E-state index contributed by atoms with van der Waals surface area (Å²) >= 11 is 0. The molecule has 1 aromatic rings. The van der Waals surface area contributed by atoms with Crippen LogP contribution < -0.4 is 10.6 Å². The molecule has 1 aromatic carbocycles. The smallest absolute Gasteiger partial charge is 0.340 e. The van der Waals surface area contributed by atoms with Gasteiger partial charge in [-0.1, -0.05) is 18.2 Å². The first-order chi connectivity index (χ1) is 14.2. The Morgan fingerprint density at radius 3 is 2.23 bits per heavy atom. The molecule has 2 N–H and O–H groups in total. The predicted octanol–water partition coefficient (Wildman–Crippen LogP) is 0.264. The average molecular weight is 416 g/mol. The second-order valence-electron chi connectivity index (χ2n) is 6.51. The molecular formula is C20H20N2O8. The molecule has 0 unspecified atom stereocenters. The number of hydrogen-bond donors (Lipinski definition) is 1. The second-order valence-corrected chi connectivity index (χ2v) is 6.51. The van der Waals surface area contributed by atoms with E-state index in [1.807, 2.05) is 0 Å². The molecule has 0 saturated carbocycles. The van der Waals surface area contributed by atoms with Gasteiger partial charge in [-0.25, -0.2) is 9.59 Å². The number of para-hydroxylation sites is 1. The van der Waals surface area contributed by atoms with Gasteiger partial charge in [0, 0.05) is 18.3 Å². The van der Waals surface area contributed by atoms with E-state index in [9.17, 15) is 19.2 Å². The van der Waals surface area contributed by atoms with E-state index >= 15 is 0 Å². The maximum absolute atomic E-state index is 13.7. The summed E-state index contributed by atoms with van der Waals surface area (Å²) in [5, 5.41) is 0. The Morgan fingerprint density at radius 1 is 1.03 bits per heavy atom. The van der Waals surface area contributed by atoms with Crippen molar-refractivity contribution in [1.82, 2.24) is 0 Å². The highest BCUT2D eigenvalue weighted by atomic mass is 16.5. The van der Waals surface area contributed by atoms with Crippen LogP contribution in [0.2, 0.25) is 0 Å². The lowest BCUT2D eigenvalue weighted by atomic mass is 9.67. The minimum Gasteiger partial charge on any atom is -0.469 e. The first-order valence-corrected chi connectivity index (χ1v) is 8.78. The van der Waals surface area contributed by atoms with E-state index in [1.54, 1.807) is 24.3 Å². The number of carbonyl (C=O) groups is 4. The number of rotatable bonds is 4.